The van der Waals surface area contributed by atoms with Crippen LogP contribution in [0.5, 0.6) is 0 Å². The molecule has 1 heterocycles. The first kappa shape index (κ1) is 22.3. The fourth-order valence-corrected chi connectivity index (χ4v) is 3.82. The molecule has 0 aliphatic rings. The first-order valence-electron chi connectivity index (χ1n) is 11.3. The number of aromatic nitrogens is 2. The molecule has 146 valence electrons. The van der Waals surface area contributed by atoms with Gasteiger partial charge >= 0.3 is 0 Å². The second kappa shape index (κ2) is 14.4. The van der Waals surface area contributed by atoms with Crippen LogP contribution < -0.4 is 4.57 Å². The van der Waals surface area contributed by atoms with E-state index in [2.05, 4.69) is 49.2 Å². The summed E-state index contributed by atoms with van der Waals surface area (Å²) < 4.78 is 5.03. The Morgan fingerprint density at radius 2 is 1.28 bits per heavy atom. The van der Waals surface area contributed by atoms with Crippen molar-refractivity contribution in [2.45, 2.75) is 130 Å². The maximum Gasteiger partial charge on any atom is 0.258 e. The highest BCUT2D eigenvalue weighted by Crippen LogP contribution is 2.14. The van der Waals surface area contributed by atoms with Gasteiger partial charge in [0.05, 0.1) is 19.0 Å². The van der Waals surface area contributed by atoms with Gasteiger partial charge in [-0.3, -0.25) is 0 Å². The van der Waals surface area contributed by atoms with Crippen molar-refractivity contribution >= 4 is 0 Å². The zero-order valence-electron chi connectivity index (χ0n) is 17.7. The summed E-state index contributed by atoms with van der Waals surface area (Å²) in [7, 11) is 0. The molecule has 0 atom stereocenters. The van der Waals surface area contributed by atoms with Crippen LogP contribution in [0.2, 0.25) is 0 Å². The smallest absolute Gasteiger partial charge is 0.234 e. The molecule has 0 aromatic carbocycles. The molecule has 0 unspecified atom stereocenters. The molecule has 0 aliphatic carbocycles. The highest BCUT2D eigenvalue weighted by Gasteiger charge is 2.19. The minimum atomic E-state index is 0.611. The quantitative estimate of drug-likeness (QED) is 0.224. The fraction of sp³-hybridized carbons (Fsp3) is 0.870. The molecular weight excluding hydrogens is 304 g/mol. The van der Waals surface area contributed by atoms with Crippen molar-refractivity contribution in [1.82, 2.24) is 4.57 Å². The molecule has 0 amide bonds. The normalized spacial score (nSPS) is 11.6. The van der Waals surface area contributed by atoms with Gasteiger partial charge in [-0.15, -0.1) is 0 Å². The lowest BCUT2D eigenvalue weighted by Crippen LogP contribution is -2.38. The van der Waals surface area contributed by atoms with Gasteiger partial charge in [0.15, 0.2) is 0 Å². The maximum absolute atomic E-state index is 2.52. The van der Waals surface area contributed by atoms with Crippen molar-refractivity contribution in [3.8, 4) is 0 Å². The Balaban J connectivity index is 2.27. The number of aryl methyl sites for hydroxylation is 2. The molecule has 2 nitrogen and oxygen atoms in total. The molecule has 1 rings (SSSR count). The van der Waals surface area contributed by atoms with Crippen molar-refractivity contribution in [3.63, 3.8) is 0 Å². The van der Waals surface area contributed by atoms with Gasteiger partial charge < -0.3 is 0 Å². The number of imidazole rings is 1. The summed E-state index contributed by atoms with van der Waals surface area (Å²) in [5, 5.41) is 0. The molecule has 1 aromatic heterocycles. The van der Waals surface area contributed by atoms with E-state index in [9.17, 15) is 0 Å². The Morgan fingerprint density at radius 3 is 1.84 bits per heavy atom. The van der Waals surface area contributed by atoms with Gasteiger partial charge in [-0.25, -0.2) is 9.13 Å². The van der Waals surface area contributed by atoms with Crippen LogP contribution in [-0.2, 0) is 13.1 Å². The van der Waals surface area contributed by atoms with Crippen LogP contribution in [0.3, 0.4) is 0 Å². The third-order valence-electron chi connectivity index (χ3n) is 5.29. The lowest BCUT2D eigenvalue weighted by molar-refractivity contribution is -0.705. The molecular formula is C23H45N2+. The summed E-state index contributed by atoms with van der Waals surface area (Å²) in [5.41, 5.74) is 0. The zero-order chi connectivity index (χ0) is 18.3. The highest BCUT2D eigenvalue weighted by atomic mass is 15.1. The second-order valence-corrected chi connectivity index (χ2v) is 8.09. The molecule has 25 heavy (non-hydrogen) atoms. The summed E-state index contributed by atoms with van der Waals surface area (Å²) >= 11 is 0. The van der Waals surface area contributed by atoms with Crippen molar-refractivity contribution in [1.29, 1.82) is 0 Å². The van der Waals surface area contributed by atoms with Crippen LogP contribution in [0.15, 0.2) is 12.4 Å². The lowest BCUT2D eigenvalue weighted by atomic mass is 10.1. The Labute approximate surface area is 158 Å². The van der Waals surface area contributed by atoms with Crippen LogP contribution in [0.25, 0.3) is 0 Å². The largest absolute Gasteiger partial charge is 0.258 e. The predicted molar refractivity (Wildman–Crippen MR) is 110 cm³/mol. The van der Waals surface area contributed by atoms with Crippen molar-refractivity contribution in [2.24, 2.45) is 0 Å². The minimum Gasteiger partial charge on any atom is -0.234 e. The van der Waals surface area contributed by atoms with E-state index in [1.165, 1.54) is 102 Å². The molecule has 0 N–H and O–H groups in total. The average Bonchev–Trinajstić information content (AvgIpc) is 3.00. The van der Waals surface area contributed by atoms with E-state index in [-0.39, 0.29) is 0 Å². The molecule has 0 saturated heterocycles. The molecule has 0 spiro atoms. The summed E-state index contributed by atoms with van der Waals surface area (Å²) in [4.78, 5) is 0. The molecule has 0 radical (unpaired) electrons. The molecule has 0 aliphatic heterocycles. The van der Waals surface area contributed by atoms with E-state index >= 15 is 0 Å². The number of nitrogens with zero attached hydrogens (tertiary/aromatic N) is 2. The van der Waals surface area contributed by atoms with Crippen molar-refractivity contribution in [2.75, 3.05) is 0 Å². The standard InChI is InChI=1S/C23H45N2/c1-5-7-9-11-12-13-14-15-17-19-25-21-20-24(23(25)22(3)4)18-16-10-8-6-2/h20-22H,5-19H2,1-4H3/q+1. The summed E-state index contributed by atoms with van der Waals surface area (Å²) in [6.45, 7) is 11.6. The molecule has 1 aromatic rings. The summed E-state index contributed by atoms with van der Waals surface area (Å²) in [6.07, 6.45) is 22.7. The fourth-order valence-electron chi connectivity index (χ4n) is 3.82. The van der Waals surface area contributed by atoms with Gasteiger partial charge in [0.25, 0.3) is 5.82 Å². The SMILES string of the molecule is CCCCCCCCCCC[n+]1ccn(CCCCCC)c1C(C)C. The first-order valence-corrected chi connectivity index (χ1v) is 11.3. The highest BCUT2D eigenvalue weighted by molar-refractivity contribution is 4.89. The Morgan fingerprint density at radius 1 is 0.760 bits per heavy atom. The number of hydrogen-bond donors (Lipinski definition) is 0. The topological polar surface area (TPSA) is 8.81 Å². The number of unbranched alkanes of at least 4 members (excludes halogenated alkanes) is 11. The van der Waals surface area contributed by atoms with Gasteiger partial charge in [-0.05, 0) is 25.7 Å². The summed E-state index contributed by atoms with van der Waals surface area (Å²) in [5.74, 6) is 2.14. The van der Waals surface area contributed by atoms with E-state index in [0.717, 1.165) is 0 Å². The Bertz CT molecular complexity index is 420. The van der Waals surface area contributed by atoms with Gasteiger partial charge in [-0.2, -0.15) is 0 Å². The van der Waals surface area contributed by atoms with Crippen LogP contribution in [0.4, 0.5) is 0 Å². The van der Waals surface area contributed by atoms with E-state index < -0.39 is 0 Å². The van der Waals surface area contributed by atoms with Crippen LogP contribution in [0, 0.1) is 0 Å². The molecule has 0 saturated carbocycles. The van der Waals surface area contributed by atoms with Crippen LogP contribution >= 0.6 is 0 Å². The van der Waals surface area contributed by atoms with Gasteiger partial charge in [0, 0.05) is 0 Å². The first-order chi connectivity index (χ1) is 12.2. The zero-order valence-corrected chi connectivity index (χ0v) is 17.7. The minimum absolute atomic E-state index is 0.611. The third-order valence-corrected chi connectivity index (χ3v) is 5.29. The monoisotopic (exact) mass is 349 g/mol. The van der Waals surface area contributed by atoms with E-state index in [1.807, 2.05) is 0 Å². The maximum atomic E-state index is 2.52. The third kappa shape index (κ3) is 9.47. The number of rotatable bonds is 16. The Kier molecular flexibility index (Phi) is 12.8. The van der Waals surface area contributed by atoms with Gasteiger partial charge in [0.2, 0.25) is 0 Å². The van der Waals surface area contributed by atoms with Gasteiger partial charge in [0.1, 0.15) is 12.4 Å². The van der Waals surface area contributed by atoms with Gasteiger partial charge in [-0.1, -0.05) is 85.5 Å². The van der Waals surface area contributed by atoms with Crippen molar-refractivity contribution < 1.29 is 4.57 Å². The van der Waals surface area contributed by atoms with E-state index in [0.29, 0.717) is 5.92 Å². The molecule has 0 fully saturated rings. The van der Waals surface area contributed by atoms with E-state index in [4.69, 9.17) is 0 Å². The molecule has 2 heteroatoms. The second-order valence-electron chi connectivity index (χ2n) is 8.09. The summed E-state index contributed by atoms with van der Waals surface area (Å²) in [6, 6.07) is 0. The Hall–Kier alpha value is -0.790. The lowest BCUT2D eigenvalue weighted by Gasteiger charge is -2.08. The average molecular weight is 350 g/mol. The van der Waals surface area contributed by atoms with Crippen LogP contribution in [0.1, 0.15) is 123 Å². The molecule has 0 bridgehead atoms. The predicted octanol–water partition coefficient (Wildman–Crippen LogP) is 7.01. The van der Waals surface area contributed by atoms with E-state index in [1.54, 1.807) is 0 Å². The van der Waals surface area contributed by atoms with Crippen molar-refractivity contribution in [3.05, 3.63) is 18.2 Å². The number of hydrogen-bond acceptors (Lipinski definition) is 0. The van der Waals surface area contributed by atoms with Crippen LogP contribution in [-0.4, -0.2) is 4.57 Å².